The fourth-order valence-electron chi connectivity index (χ4n) is 3.20. The number of rotatable bonds is 6. The van der Waals surface area contributed by atoms with Gasteiger partial charge in [-0.05, 0) is 13.8 Å². The summed E-state index contributed by atoms with van der Waals surface area (Å²) in [6.07, 6.45) is 0. The van der Waals surface area contributed by atoms with E-state index in [1.165, 1.54) is 5.56 Å². The monoisotopic (exact) mass is 445 g/mol. The quantitative estimate of drug-likeness (QED) is 0.726. The summed E-state index contributed by atoms with van der Waals surface area (Å²) in [6.45, 7) is 7.03. The van der Waals surface area contributed by atoms with Gasteiger partial charge in [0.05, 0.1) is 12.6 Å². The number of benzene rings is 1. The molecule has 1 aromatic heterocycles. The van der Waals surface area contributed by atoms with Gasteiger partial charge in [0.1, 0.15) is 6.04 Å². The molecule has 1 aliphatic rings. The second-order valence-corrected chi connectivity index (χ2v) is 6.92. The Hall–Kier alpha value is -1.71. The van der Waals surface area contributed by atoms with E-state index in [-0.39, 0.29) is 43.4 Å². The number of methoxy groups -OCH3 is 1. The van der Waals surface area contributed by atoms with Crippen LogP contribution in [0.25, 0.3) is 11.4 Å². The van der Waals surface area contributed by atoms with E-state index in [1.54, 1.807) is 12.0 Å². The van der Waals surface area contributed by atoms with Gasteiger partial charge in [-0.2, -0.15) is 4.98 Å². The van der Waals surface area contributed by atoms with Crippen LogP contribution >= 0.6 is 24.8 Å². The Bertz CT molecular complexity index is 763. The minimum absolute atomic E-state index is 0. The lowest BCUT2D eigenvalue weighted by molar-refractivity contribution is -0.135. The maximum Gasteiger partial charge on any atom is 0.244 e. The molecule has 2 atom stereocenters. The van der Waals surface area contributed by atoms with E-state index in [2.05, 4.69) is 15.0 Å². The Morgan fingerprint density at radius 2 is 1.83 bits per heavy atom. The molecular formula is C19H29Cl2N5O3. The molecule has 0 radical (unpaired) electrons. The highest BCUT2D eigenvalue weighted by atomic mass is 35.5. The van der Waals surface area contributed by atoms with E-state index in [9.17, 15) is 4.79 Å². The zero-order chi connectivity index (χ0) is 19.4. The molecule has 1 saturated heterocycles. The molecule has 1 aliphatic heterocycles. The van der Waals surface area contributed by atoms with Crippen molar-refractivity contribution < 1.29 is 14.1 Å². The highest BCUT2D eigenvalue weighted by Crippen LogP contribution is 2.23. The Labute approximate surface area is 183 Å². The van der Waals surface area contributed by atoms with Gasteiger partial charge in [-0.1, -0.05) is 35.0 Å². The fourth-order valence-corrected chi connectivity index (χ4v) is 3.20. The third-order valence-corrected chi connectivity index (χ3v) is 4.95. The van der Waals surface area contributed by atoms with Crippen LogP contribution in [0.1, 0.15) is 24.4 Å². The van der Waals surface area contributed by atoms with Gasteiger partial charge in [0.25, 0.3) is 0 Å². The standard InChI is InChI=1S/C19H27N5O3.2ClH/c1-13-4-6-15(7-5-13)17-21-18(27-22-17)14(2)23-8-10-24(11-9-23)19(25)16(20)12-26-3;;/h4-7,14,16H,8-12,20H2,1-3H3;2*1H. The van der Waals surface area contributed by atoms with Crippen molar-refractivity contribution in [3.05, 3.63) is 35.7 Å². The summed E-state index contributed by atoms with van der Waals surface area (Å²) >= 11 is 0. The molecule has 1 aromatic carbocycles. The molecule has 10 heteroatoms. The summed E-state index contributed by atoms with van der Waals surface area (Å²) in [4.78, 5) is 20.9. The van der Waals surface area contributed by atoms with Gasteiger partial charge in [0, 0.05) is 38.9 Å². The minimum atomic E-state index is -0.605. The third-order valence-electron chi connectivity index (χ3n) is 4.95. The molecule has 0 spiro atoms. The van der Waals surface area contributed by atoms with Crippen molar-refractivity contribution >= 4 is 30.7 Å². The van der Waals surface area contributed by atoms with Crippen molar-refractivity contribution in [3.63, 3.8) is 0 Å². The Balaban J connectivity index is 0.00000210. The molecule has 29 heavy (non-hydrogen) atoms. The SMILES string of the molecule is COCC(N)C(=O)N1CCN(C(C)c2nc(-c3ccc(C)cc3)no2)CC1.Cl.Cl. The maximum atomic E-state index is 12.3. The van der Waals surface area contributed by atoms with Crippen LogP contribution in [-0.4, -0.2) is 71.8 Å². The number of aryl methyl sites for hydroxylation is 1. The second kappa shape index (κ2) is 11.5. The highest BCUT2D eigenvalue weighted by Gasteiger charge is 2.29. The Kier molecular flexibility index (Phi) is 10.0. The van der Waals surface area contributed by atoms with Gasteiger partial charge in [0.15, 0.2) is 0 Å². The molecule has 1 fully saturated rings. The Morgan fingerprint density at radius 1 is 1.21 bits per heavy atom. The van der Waals surface area contributed by atoms with Crippen molar-refractivity contribution in [2.45, 2.75) is 25.9 Å². The molecule has 8 nitrogen and oxygen atoms in total. The van der Waals surface area contributed by atoms with E-state index in [0.29, 0.717) is 24.8 Å². The molecule has 3 rings (SSSR count). The van der Waals surface area contributed by atoms with E-state index >= 15 is 0 Å². The van der Waals surface area contributed by atoms with Gasteiger partial charge in [0.2, 0.25) is 17.6 Å². The summed E-state index contributed by atoms with van der Waals surface area (Å²) < 4.78 is 10.5. The molecule has 0 bridgehead atoms. The first-order valence-corrected chi connectivity index (χ1v) is 9.17. The number of carbonyl (C=O) groups is 1. The number of carbonyl (C=O) groups excluding carboxylic acids is 1. The molecule has 2 heterocycles. The predicted molar refractivity (Wildman–Crippen MR) is 115 cm³/mol. The molecule has 2 unspecified atom stereocenters. The van der Waals surface area contributed by atoms with Crippen LogP contribution in [0.3, 0.4) is 0 Å². The van der Waals surface area contributed by atoms with Crippen molar-refractivity contribution in [2.24, 2.45) is 5.73 Å². The number of piperazine rings is 1. The maximum absolute atomic E-state index is 12.3. The molecule has 0 aliphatic carbocycles. The van der Waals surface area contributed by atoms with Crippen molar-refractivity contribution in [1.29, 1.82) is 0 Å². The number of halogens is 2. The van der Waals surface area contributed by atoms with Crippen LogP contribution in [0.5, 0.6) is 0 Å². The first-order chi connectivity index (χ1) is 13.0. The molecule has 2 N–H and O–H groups in total. The van der Waals surface area contributed by atoms with Crippen LogP contribution in [0.2, 0.25) is 0 Å². The van der Waals surface area contributed by atoms with Gasteiger partial charge >= 0.3 is 0 Å². The average Bonchev–Trinajstić information content (AvgIpc) is 3.18. The predicted octanol–water partition coefficient (Wildman–Crippen LogP) is 2.07. The number of nitrogens with two attached hydrogens (primary N) is 1. The van der Waals surface area contributed by atoms with Crippen LogP contribution in [0, 0.1) is 6.92 Å². The number of amides is 1. The molecule has 162 valence electrons. The number of aromatic nitrogens is 2. The number of hydrogen-bond donors (Lipinski definition) is 1. The number of hydrogen-bond acceptors (Lipinski definition) is 7. The zero-order valence-corrected chi connectivity index (χ0v) is 18.5. The third kappa shape index (κ3) is 6.13. The zero-order valence-electron chi connectivity index (χ0n) is 16.9. The summed E-state index contributed by atoms with van der Waals surface area (Å²) in [7, 11) is 1.54. The average molecular weight is 446 g/mol. The molecule has 2 aromatic rings. The topological polar surface area (TPSA) is 97.7 Å². The molecule has 0 saturated carbocycles. The van der Waals surface area contributed by atoms with Crippen molar-refractivity contribution in [3.8, 4) is 11.4 Å². The summed E-state index contributed by atoms with van der Waals surface area (Å²) in [6, 6.07) is 7.41. The molecular weight excluding hydrogens is 417 g/mol. The van der Waals surface area contributed by atoms with Crippen LogP contribution in [0.4, 0.5) is 0 Å². The summed E-state index contributed by atoms with van der Waals surface area (Å²) in [5.41, 5.74) is 7.97. The lowest BCUT2D eigenvalue weighted by Gasteiger charge is -2.37. The van der Waals surface area contributed by atoms with Gasteiger partial charge in [-0.15, -0.1) is 24.8 Å². The van der Waals surface area contributed by atoms with E-state index in [0.717, 1.165) is 18.7 Å². The van der Waals surface area contributed by atoms with Gasteiger partial charge in [-0.25, -0.2) is 0 Å². The van der Waals surface area contributed by atoms with Crippen LogP contribution in [0.15, 0.2) is 28.8 Å². The minimum Gasteiger partial charge on any atom is -0.383 e. The van der Waals surface area contributed by atoms with Crippen LogP contribution < -0.4 is 5.73 Å². The first kappa shape index (κ1) is 25.3. The highest BCUT2D eigenvalue weighted by molar-refractivity contribution is 5.85. The summed E-state index contributed by atoms with van der Waals surface area (Å²) in [5, 5.41) is 4.11. The molecule has 1 amide bonds. The first-order valence-electron chi connectivity index (χ1n) is 9.17. The number of ether oxygens (including phenoxy) is 1. The van der Waals surface area contributed by atoms with E-state index in [1.807, 2.05) is 38.1 Å². The van der Waals surface area contributed by atoms with Gasteiger partial charge in [-0.3, -0.25) is 9.69 Å². The van der Waals surface area contributed by atoms with E-state index < -0.39 is 6.04 Å². The lowest BCUT2D eigenvalue weighted by Crippen LogP contribution is -2.54. The second-order valence-electron chi connectivity index (χ2n) is 6.92. The largest absolute Gasteiger partial charge is 0.383 e. The van der Waals surface area contributed by atoms with Gasteiger partial charge < -0.3 is 19.9 Å². The lowest BCUT2D eigenvalue weighted by atomic mass is 10.1. The van der Waals surface area contributed by atoms with E-state index in [4.69, 9.17) is 15.0 Å². The fraction of sp³-hybridized carbons (Fsp3) is 0.526. The van der Waals surface area contributed by atoms with Crippen molar-refractivity contribution in [2.75, 3.05) is 39.9 Å². The Morgan fingerprint density at radius 3 is 2.41 bits per heavy atom. The normalized spacial score (nSPS) is 16.5. The van der Waals surface area contributed by atoms with Crippen LogP contribution in [-0.2, 0) is 9.53 Å². The smallest absolute Gasteiger partial charge is 0.244 e. The summed E-state index contributed by atoms with van der Waals surface area (Å²) in [5.74, 6) is 1.11. The number of nitrogens with zero attached hydrogens (tertiary/aromatic N) is 4. The van der Waals surface area contributed by atoms with Crippen molar-refractivity contribution in [1.82, 2.24) is 19.9 Å².